The van der Waals surface area contributed by atoms with Gasteiger partial charge in [0.1, 0.15) is 17.3 Å². The van der Waals surface area contributed by atoms with E-state index in [9.17, 15) is 0 Å². The second kappa shape index (κ2) is 6.23. The van der Waals surface area contributed by atoms with Crippen molar-refractivity contribution in [3.05, 3.63) is 47.2 Å². The summed E-state index contributed by atoms with van der Waals surface area (Å²) in [7, 11) is 1.58. The Morgan fingerprint density at radius 1 is 1.31 bits per heavy atom. The third-order valence-electron chi connectivity index (χ3n) is 1.97. The SMILES string of the molecule is CC=CC(=CC)Oc1ccc(Cl)c(OC)c1. The fourth-order valence-electron chi connectivity index (χ4n) is 1.19. The highest BCUT2D eigenvalue weighted by Gasteiger charge is 2.03. The van der Waals surface area contributed by atoms with E-state index in [1.807, 2.05) is 32.1 Å². The lowest BCUT2D eigenvalue weighted by molar-refractivity contribution is 0.404. The van der Waals surface area contributed by atoms with Gasteiger partial charge in [-0.25, -0.2) is 0 Å². The topological polar surface area (TPSA) is 18.5 Å². The van der Waals surface area contributed by atoms with Gasteiger partial charge in [0.2, 0.25) is 0 Å². The molecule has 16 heavy (non-hydrogen) atoms. The van der Waals surface area contributed by atoms with Crippen LogP contribution in [0.5, 0.6) is 11.5 Å². The monoisotopic (exact) mass is 238 g/mol. The molecule has 0 bridgehead atoms. The molecule has 2 nitrogen and oxygen atoms in total. The van der Waals surface area contributed by atoms with Crippen molar-refractivity contribution in [2.45, 2.75) is 13.8 Å². The van der Waals surface area contributed by atoms with Crippen LogP contribution in [-0.2, 0) is 0 Å². The fourth-order valence-corrected chi connectivity index (χ4v) is 1.39. The van der Waals surface area contributed by atoms with Gasteiger partial charge in [-0.1, -0.05) is 17.7 Å². The van der Waals surface area contributed by atoms with Gasteiger partial charge in [-0.15, -0.1) is 0 Å². The van der Waals surface area contributed by atoms with Gasteiger partial charge in [0.25, 0.3) is 0 Å². The summed E-state index contributed by atoms with van der Waals surface area (Å²) in [5.74, 6) is 2.09. The van der Waals surface area contributed by atoms with Crippen molar-refractivity contribution < 1.29 is 9.47 Å². The van der Waals surface area contributed by atoms with E-state index in [1.54, 1.807) is 25.3 Å². The second-order valence-electron chi connectivity index (χ2n) is 3.09. The third-order valence-corrected chi connectivity index (χ3v) is 2.29. The molecule has 0 spiro atoms. The van der Waals surface area contributed by atoms with E-state index in [-0.39, 0.29) is 0 Å². The van der Waals surface area contributed by atoms with E-state index >= 15 is 0 Å². The van der Waals surface area contributed by atoms with Crippen molar-refractivity contribution in [2.75, 3.05) is 7.11 Å². The number of ether oxygens (including phenoxy) is 2. The Hall–Kier alpha value is -1.41. The molecular formula is C13H15ClO2. The van der Waals surface area contributed by atoms with Crippen LogP contribution < -0.4 is 9.47 Å². The van der Waals surface area contributed by atoms with E-state index < -0.39 is 0 Å². The minimum absolute atomic E-state index is 0.572. The first-order valence-electron chi connectivity index (χ1n) is 5.01. The lowest BCUT2D eigenvalue weighted by Gasteiger charge is -2.08. The lowest BCUT2D eigenvalue weighted by Crippen LogP contribution is -1.92. The third kappa shape index (κ3) is 3.31. The van der Waals surface area contributed by atoms with E-state index in [0.29, 0.717) is 16.5 Å². The maximum absolute atomic E-state index is 5.92. The summed E-state index contributed by atoms with van der Waals surface area (Å²) in [4.78, 5) is 0. The fraction of sp³-hybridized carbons (Fsp3) is 0.231. The molecule has 0 aliphatic heterocycles. The highest BCUT2D eigenvalue weighted by molar-refractivity contribution is 6.32. The van der Waals surface area contributed by atoms with Gasteiger partial charge in [0.05, 0.1) is 12.1 Å². The Bertz CT molecular complexity index is 408. The Balaban J connectivity index is 2.89. The summed E-state index contributed by atoms with van der Waals surface area (Å²) in [6, 6.07) is 5.31. The minimum Gasteiger partial charge on any atom is -0.495 e. The van der Waals surface area contributed by atoms with Crippen molar-refractivity contribution in [1.29, 1.82) is 0 Å². The normalized spacial score (nSPS) is 11.9. The average Bonchev–Trinajstić information content (AvgIpc) is 2.30. The summed E-state index contributed by atoms with van der Waals surface area (Å²) >= 11 is 5.92. The quantitative estimate of drug-likeness (QED) is 0.578. The summed E-state index contributed by atoms with van der Waals surface area (Å²) in [6.07, 6.45) is 5.70. The predicted molar refractivity (Wildman–Crippen MR) is 67.2 cm³/mol. The molecule has 3 heteroatoms. The van der Waals surface area contributed by atoms with E-state index in [0.717, 1.165) is 5.76 Å². The van der Waals surface area contributed by atoms with Gasteiger partial charge in [-0.05, 0) is 38.1 Å². The summed E-state index contributed by atoms with van der Waals surface area (Å²) < 4.78 is 10.7. The summed E-state index contributed by atoms with van der Waals surface area (Å²) in [5.41, 5.74) is 0. The van der Waals surface area contributed by atoms with E-state index in [1.165, 1.54) is 0 Å². The van der Waals surface area contributed by atoms with Gasteiger partial charge in [0.15, 0.2) is 0 Å². The zero-order valence-corrected chi connectivity index (χ0v) is 10.4. The van der Waals surface area contributed by atoms with Gasteiger partial charge < -0.3 is 9.47 Å². The summed E-state index contributed by atoms with van der Waals surface area (Å²) in [6.45, 7) is 3.86. The van der Waals surface area contributed by atoms with Crippen LogP contribution in [0.3, 0.4) is 0 Å². The van der Waals surface area contributed by atoms with Crippen LogP contribution in [0.15, 0.2) is 42.2 Å². The van der Waals surface area contributed by atoms with Crippen LogP contribution >= 0.6 is 11.6 Å². The number of methoxy groups -OCH3 is 1. The lowest BCUT2D eigenvalue weighted by atomic mass is 10.3. The van der Waals surface area contributed by atoms with Crippen molar-refractivity contribution in [1.82, 2.24) is 0 Å². The van der Waals surface area contributed by atoms with Crippen LogP contribution in [-0.4, -0.2) is 7.11 Å². The molecule has 0 aliphatic carbocycles. The Morgan fingerprint density at radius 2 is 2.06 bits per heavy atom. The highest BCUT2D eigenvalue weighted by atomic mass is 35.5. The first-order valence-corrected chi connectivity index (χ1v) is 5.39. The maximum atomic E-state index is 5.92. The van der Waals surface area contributed by atoms with Gasteiger partial charge >= 0.3 is 0 Å². The Morgan fingerprint density at radius 3 is 2.62 bits per heavy atom. The molecule has 0 amide bonds. The van der Waals surface area contributed by atoms with Crippen LogP contribution in [0.2, 0.25) is 5.02 Å². The zero-order chi connectivity index (χ0) is 12.0. The van der Waals surface area contributed by atoms with E-state index in [4.69, 9.17) is 21.1 Å². The first-order chi connectivity index (χ1) is 7.71. The molecule has 0 atom stereocenters. The van der Waals surface area contributed by atoms with E-state index in [2.05, 4.69) is 0 Å². The Kier molecular flexibility index (Phi) is 4.93. The molecule has 0 radical (unpaired) electrons. The number of allylic oxidation sites excluding steroid dienone is 3. The molecule has 0 N–H and O–H groups in total. The van der Waals surface area contributed by atoms with Crippen molar-refractivity contribution in [3.63, 3.8) is 0 Å². The smallest absolute Gasteiger partial charge is 0.141 e. The standard InChI is InChI=1S/C13H15ClO2/c1-4-6-10(5-2)16-11-7-8-12(14)13(9-11)15-3/h4-9H,1-3H3. The molecule has 1 aromatic carbocycles. The molecule has 0 fully saturated rings. The number of hydrogen-bond donors (Lipinski definition) is 0. The van der Waals surface area contributed by atoms with Gasteiger partial charge in [-0.2, -0.15) is 0 Å². The first kappa shape index (κ1) is 12.7. The average molecular weight is 239 g/mol. The molecule has 0 saturated carbocycles. The second-order valence-corrected chi connectivity index (χ2v) is 3.50. The summed E-state index contributed by atoms with van der Waals surface area (Å²) in [5, 5.41) is 0.572. The van der Waals surface area contributed by atoms with Crippen LogP contribution in [0, 0.1) is 0 Å². The number of hydrogen-bond acceptors (Lipinski definition) is 2. The zero-order valence-electron chi connectivity index (χ0n) is 9.66. The molecule has 86 valence electrons. The molecule has 0 unspecified atom stereocenters. The molecule has 1 aromatic rings. The van der Waals surface area contributed by atoms with Crippen LogP contribution in [0.25, 0.3) is 0 Å². The number of benzene rings is 1. The Labute approximate surface area is 101 Å². The molecular weight excluding hydrogens is 224 g/mol. The number of rotatable bonds is 4. The van der Waals surface area contributed by atoms with Gasteiger partial charge in [-0.3, -0.25) is 0 Å². The van der Waals surface area contributed by atoms with Crippen LogP contribution in [0.1, 0.15) is 13.8 Å². The molecule has 0 saturated heterocycles. The molecule has 0 aliphatic rings. The van der Waals surface area contributed by atoms with Crippen LogP contribution in [0.4, 0.5) is 0 Å². The maximum Gasteiger partial charge on any atom is 0.141 e. The highest BCUT2D eigenvalue weighted by Crippen LogP contribution is 2.29. The molecule has 0 aromatic heterocycles. The molecule has 1 rings (SSSR count). The number of halogens is 1. The minimum atomic E-state index is 0.572. The van der Waals surface area contributed by atoms with Crippen molar-refractivity contribution in [2.24, 2.45) is 0 Å². The largest absolute Gasteiger partial charge is 0.495 e. The predicted octanol–water partition coefficient (Wildman–Crippen LogP) is 4.21. The van der Waals surface area contributed by atoms with Crippen molar-refractivity contribution in [3.8, 4) is 11.5 Å². The van der Waals surface area contributed by atoms with Crippen molar-refractivity contribution >= 4 is 11.6 Å². The van der Waals surface area contributed by atoms with Gasteiger partial charge in [0, 0.05) is 6.07 Å². The molecule has 0 heterocycles.